The van der Waals surface area contributed by atoms with Gasteiger partial charge < -0.3 is 10.6 Å². The van der Waals surface area contributed by atoms with E-state index >= 15 is 0 Å². The molecule has 1 rings (SSSR count). The van der Waals surface area contributed by atoms with E-state index in [1.165, 1.54) is 12.8 Å². The number of halogens is 1. The number of nitrogens with zero attached hydrogens (tertiary/aromatic N) is 2. The fourth-order valence-electron chi connectivity index (χ4n) is 2.04. The molecule has 0 amide bonds. The van der Waals surface area contributed by atoms with Crippen LogP contribution in [0.25, 0.3) is 0 Å². The first-order valence-electron chi connectivity index (χ1n) is 8.06. The number of aromatic nitrogens is 1. The minimum absolute atomic E-state index is 0. The third kappa shape index (κ3) is 9.97. The van der Waals surface area contributed by atoms with Crippen molar-refractivity contribution in [3.63, 3.8) is 0 Å². The van der Waals surface area contributed by atoms with E-state index in [-0.39, 0.29) is 24.0 Å². The smallest absolute Gasteiger partial charge is 0.191 e. The largest absolute Gasteiger partial charge is 0.357 e. The number of aliphatic imine (C=N–C) groups is 1. The fraction of sp³-hybridized carbons (Fsp3) is 0.647. The Labute approximate surface area is 152 Å². The van der Waals surface area contributed by atoms with E-state index in [1.807, 2.05) is 24.4 Å². The lowest BCUT2D eigenvalue weighted by Crippen LogP contribution is -2.42. The van der Waals surface area contributed by atoms with Crippen molar-refractivity contribution in [2.75, 3.05) is 13.1 Å². The quantitative estimate of drug-likeness (QED) is 0.385. The Hall–Kier alpha value is -0.850. The first-order valence-corrected chi connectivity index (χ1v) is 8.06. The molecule has 1 aromatic heterocycles. The number of nitrogens with one attached hydrogen (secondary N) is 2. The Bertz CT molecular complexity index is 406. The van der Waals surface area contributed by atoms with Gasteiger partial charge in [0.05, 0.1) is 0 Å². The molecule has 1 aromatic rings. The van der Waals surface area contributed by atoms with Crippen molar-refractivity contribution in [2.24, 2.45) is 10.9 Å². The predicted octanol–water partition coefficient (Wildman–Crippen LogP) is 3.62. The van der Waals surface area contributed by atoms with Gasteiger partial charge in [-0.2, -0.15) is 0 Å². The first-order chi connectivity index (χ1) is 10.1. The minimum Gasteiger partial charge on any atom is -0.357 e. The van der Waals surface area contributed by atoms with E-state index in [0.717, 1.165) is 37.1 Å². The maximum Gasteiger partial charge on any atom is 0.191 e. The lowest BCUT2D eigenvalue weighted by Gasteiger charge is -2.18. The molecule has 22 heavy (non-hydrogen) atoms. The molecule has 0 fully saturated rings. The summed E-state index contributed by atoms with van der Waals surface area (Å²) in [7, 11) is 0. The highest BCUT2D eigenvalue weighted by Crippen LogP contribution is 2.06. The third-order valence-corrected chi connectivity index (χ3v) is 3.27. The summed E-state index contributed by atoms with van der Waals surface area (Å²) in [6.07, 6.45) is 5.11. The molecule has 0 aliphatic carbocycles. The molecule has 0 aliphatic heterocycles. The Morgan fingerprint density at radius 1 is 1.23 bits per heavy atom. The van der Waals surface area contributed by atoms with Crippen molar-refractivity contribution < 1.29 is 0 Å². The van der Waals surface area contributed by atoms with Crippen molar-refractivity contribution in [1.82, 2.24) is 15.6 Å². The summed E-state index contributed by atoms with van der Waals surface area (Å²) < 4.78 is 0. The molecular formula is C17H31IN4. The van der Waals surface area contributed by atoms with Crippen LogP contribution in [0.1, 0.15) is 46.2 Å². The van der Waals surface area contributed by atoms with Gasteiger partial charge in [0, 0.05) is 37.4 Å². The van der Waals surface area contributed by atoms with Gasteiger partial charge in [0.25, 0.3) is 0 Å². The van der Waals surface area contributed by atoms with Gasteiger partial charge >= 0.3 is 0 Å². The Kier molecular flexibility index (Phi) is 12.2. The van der Waals surface area contributed by atoms with Gasteiger partial charge in [-0.3, -0.25) is 9.98 Å². The van der Waals surface area contributed by atoms with Crippen LogP contribution in [0, 0.1) is 5.92 Å². The normalized spacial score (nSPS) is 12.7. The number of pyridine rings is 1. The molecule has 4 nitrogen and oxygen atoms in total. The average Bonchev–Trinajstić information content (AvgIpc) is 2.46. The zero-order valence-electron chi connectivity index (χ0n) is 14.3. The molecule has 0 bridgehead atoms. The summed E-state index contributed by atoms with van der Waals surface area (Å²) >= 11 is 0. The second kappa shape index (κ2) is 12.7. The van der Waals surface area contributed by atoms with Gasteiger partial charge in [-0.05, 0) is 44.7 Å². The van der Waals surface area contributed by atoms with Crippen LogP contribution in [0.5, 0.6) is 0 Å². The maximum absolute atomic E-state index is 4.63. The van der Waals surface area contributed by atoms with Crippen LogP contribution in [-0.2, 0) is 6.42 Å². The minimum atomic E-state index is 0. The van der Waals surface area contributed by atoms with Gasteiger partial charge in [0.1, 0.15) is 0 Å². The Balaban J connectivity index is 0.00000441. The van der Waals surface area contributed by atoms with E-state index in [0.29, 0.717) is 6.04 Å². The Morgan fingerprint density at radius 2 is 2.00 bits per heavy atom. The maximum atomic E-state index is 4.63. The molecule has 1 atom stereocenters. The van der Waals surface area contributed by atoms with Crippen LogP contribution >= 0.6 is 24.0 Å². The second-order valence-electron chi connectivity index (χ2n) is 5.85. The summed E-state index contributed by atoms with van der Waals surface area (Å²) in [6, 6.07) is 6.44. The molecular weight excluding hydrogens is 387 g/mol. The number of rotatable bonds is 8. The van der Waals surface area contributed by atoms with Crippen molar-refractivity contribution in [2.45, 2.75) is 53.0 Å². The molecule has 0 saturated carbocycles. The van der Waals surface area contributed by atoms with Crippen LogP contribution in [-0.4, -0.2) is 30.1 Å². The van der Waals surface area contributed by atoms with Crippen molar-refractivity contribution >= 4 is 29.9 Å². The fourth-order valence-corrected chi connectivity index (χ4v) is 2.04. The molecule has 0 saturated heterocycles. The highest BCUT2D eigenvalue weighted by Gasteiger charge is 2.06. The van der Waals surface area contributed by atoms with Gasteiger partial charge in [-0.25, -0.2) is 0 Å². The highest BCUT2D eigenvalue weighted by atomic mass is 127. The van der Waals surface area contributed by atoms with Crippen molar-refractivity contribution in [3.8, 4) is 0 Å². The highest BCUT2D eigenvalue weighted by molar-refractivity contribution is 14.0. The summed E-state index contributed by atoms with van der Waals surface area (Å²) in [5, 5.41) is 6.78. The van der Waals surface area contributed by atoms with Crippen LogP contribution in [0.2, 0.25) is 0 Å². The van der Waals surface area contributed by atoms with Crippen LogP contribution in [0.4, 0.5) is 0 Å². The summed E-state index contributed by atoms with van der Waals surface area (Å²) in [4.78, 5) is 8.95. The van der Waals surface area contributed by atoms with E-state index in [4.69, 9.17) is 0 Å². The first kappa shape index (κ1) is 21.1. The lowest BCUT2D eigenvalue weighted by atomic mass is 10.0. The predicted molar refractivity (Wildman–Crippen MR) is 106 cm³/mol. The molecule has 2 N–H and O–H groups in total. The van der Waals surface area contributed by atoms with E-state index in [1.54, 1.807) is 0 Å². The van der Waals surface area contributed by atoms with Crippen LogP contribution in [0.15, 0.2) is 29.4 Å². The number of hydrogen-bond donors (Lipinski definition) is 2. The Morgan fingerprint density at radius 3 is 2.59 bits per heavy atom. The van der Waals surface area contributed by atoms with E-state index in [2.05, 4.69) is 48.3 Å². The van der Waals surface area contributed by atoms with Crippen LogP contribution in [0.3, 0.4) is 0 Å². The molecule has 126 valence electrons. The van der Waals surface area contributed by atoms with E-state index < -0.39 is 0 Å². The molecule has 1 unspecified atom stereocenters. The third-order valence-electron chi connectivity index (χ3n) is 3.27. The van der Waals surface area contributed by atoms with Crippen molar-refractivity contribution in [3.05, 3.63) is 30.1 Å². The van der Waals surface area contributed by atoms with Gasteiger partial charge in [-0.15, -0.1) is 24.0 Å². The second-order valence-corrected chi connectivity index (χ2v) is 5.85. The monoisotopic (exact) mass is 418 g/mol. The zero-order chi connectivity index (χ0) is 15.5. The van der Waals surface area contributed by atoms with Gasteiger partial charge in [0.15, 0.2) is 5.96 Å². The molecule has 0 aliphatic rings. The SMILES string of the molecule is CCNC(=NCCc1ccccn1)NC(C)CCC(C)C.I. The van der Waals surface area contributed by atoms with Gasteiger partial charge in [0.2, 0.25) is 0 Å². The standard InChI is InChI=1S/C17H30N4.HI/c1-5-18-17(21-15(4)10-9-14(2)3)20-13-11-16-8-6-7-12-19-16;/h6-8,12,14-15H,5,9-11,13H2,1-4H3,(H2,18,20,21);1H. The van der Waals surface area contributed by atoms with E-state index in [9.17, 15) is 0 Å². The zero-order valence-corrected chi connectivity index (χ0v) is 16.6. The number of guanidine groups is 1. The topological polar surface area (TPSA) is 49.3 Å². The molecule has 0 spiro atoms. The average molecular weight is 418 g/mol. The lowest BCUT2D eigenvalue weighted by molar-refractivity contribution is 0.489. The van der Waals surface area contributed by atoms with Crippen LogP contribution < -0.4 is 10.6 Å². The summed E-state index contributed by atoms with van der Waals surface area (Å²) in [6.45, 7) is 10.5. The molecule has 0 aromatic carbocycles. The number of hydrogen-bond acceptors (Lipinski definition) is 2. The van der Waals surface area contributed by atoms with Gasteiger partial charge in [-0.1, -0.05) is 19.9 Å². The molecule has 0 radical (unpaired) electrons. The van der Waals surface area contributed by atoms with Crippen molar-refractivity contribution in [1.29, 1.82) is 0 Å². The summed E-state index contributed by atoms with van der Waals surface area (Å²) in [5.74, 6) is 1.66. The molecule has 1 heterocycles. The summed E-state index contributed by atoms with van der Waals surface area (Å²) in [5.41, 5.74) is 1.09. The molecule has 5 heteroatoms.